The van der Waals surface area contributed by atoms with Crippen LogP contribution in [0.15, 0.2) is 59.1 Å². The molecule has 0 atom stereocenters. The average Bonchev–Trinajstić information content (AvgIpc) is 2.77. The van der Waals surface area contributed by atoms with Crippen molar-refractivity contribution in [2.45, 2.75) is 13.8 Å². The fourth-order valence-electron chi connectivity index (χ4n) is 2.34. The van der Waals surface area contributed by atoms with E-state index in [2.05, 4.69) is 84.4 Å². The lowest BCUT2D eigenvalue weighted by molar-refractivity contribution is 1.40. The normalized spacial score (nSPS) is 10.8. The number of halogens is 1. The molecule has 0 saturated heterocycles. The van der Waals surface area contributed by atoms with Crippen molar-refractivity contribution >= 4 is 27.3 Å². The van der Waals surface area contributed by atoms with E-state index in [4.69, 9.17) is 0 Å². The van der Waals surface area contributed by atoms with Gasteiger partial charge < -0.3 is 0 Å². The molecule has 1 heterocycles. The predicted octanol–water partition coefficient (Wildman–Crippen LogP) is 6.46. The topological polar surface area (TPSA) is 0 Å². The van der Waals surface area contributed by atoms with Crippen molar-refractivity contribution in [1.82, 2.24) is 0 Å². The van der Waals surface area contributed by atoms with E-state index in [1.807, 2.05) is 11.3 Å². The van der Waals surface area contributed by atoms with Crippen molar-refractivity contribution < 1.29 is 0 Å². The third-order valence-corrected chi connectivity index (χ3v) is 5.61. The van der Waals surface area contributed by atoms with Gasteiger partial charge in [-0.2, -0.15) is 0 Å². The second-order valence-electron chi connectivity index (χ2n) is 4.88. The van der Waals surface area contributed by atoms with Crippen LogP contribution in [0.4, 0.5) is 0 Å². The van der Waals surface area contributed by atoms with Crippen molar-refractivity contribution in [2.75, 3.05) is 0 Å². The van der Waals surface area contributed by atoms with Crippen LogP contribution in [-0.4, -0.2) is 0 Å². The summed E-state index contributed by atoms with van der Waals surface area (Å²) in [4.78, 5) is 2.75. The Morgan fingerprint density at radius 1 is 0.700 bits per heavy atom. The summed E-state index contributed by atoms with van der Waals surface area (Å²) in [6.07, 6.45) is 0. The van der Waals surface area contributed by atoms with E-state index in [0.29, 0.717) is 0 Å². The van der Waals surface area contributed by atoms with E-state index in [0.717, 1.165) is 4.47 Å². The van der Waals surface area contributed by atoms with Crippen LogP contribution in [0.1, 0.15) is 11.1 Å². The molecule has 0 spiro atoms. The maximum atomic E-state index is 3.50. The van der Waals surface area contributed by atoms with Crippen LogP contribution in [0.25, 0.3) is 20.9 Å². The first-order valence-corrected chi connectivity index (χ1v) is 8.19. The van der Waals surface area contributed by atoms with Gasteiger partial charge >= 0.3 is 0 Å². The van der Waals surface area contributed by atoms with Crippen LogP contribution in [0.5, 0.6) is 0 Å². The number of thiophene rings is 1. The minimum Gasteiger partial charge on any atom is -0.135 e. The van der Waals surface area contributed by atoms with Gasteiger partial charge in [0.2, 0.25) is 0 Å². The Bertz CT molecular complexity index is 724. The zero-order chi connectivity index (χ0) is 14.1. The summed E-state index contributed by atoms with van der Waals surface area (Å²) in [7, 11) is 0. The van der Waals surface area contributed by atoms with Crippen LogP contribution in [0.2, 0.25) is 0 Å². The van der Waals surface area contributed by atoms with Gasteiger partial charge in [-0.05, 0) is 48.2 Å². The molecular formula is C18H15BrS. The van der Waals surface area contributed by atoms with Gasteiger partial charge in [0.05, 0.1) is 0 Å². The second-order valence-corrected chi connectivity index (χ2v) is 6.82. The predicted molar refractivity (Wildman–Crippen MR) is 92.4 cm³/mol. The zero-order valence-corrected chi connectivity index (χ0v) is 13.9. The lowest BCUT2D eigenvalue weighted by Gasteiger charge is -2.00. The number of hydrogen-bond donors (Lipinski definition) is 0. The van der Waals surface area contributed by atoms with Crippen LogP contribution in [0, 0.1) is 13.8 Å². The fourth-order valence-corrected chi connectivity index (χ4v) is 3.93. The molecule has 3 aromatic rings. The number of benzene rings is 2. The summed E-state index contributed by atoms with van der Waals surface area (Å²) < 4.78 is 1.12. The molecule has 0 amide bonds. The standard InChI is InChI=1S/C18H15BrS/c1-12-13(2)18(15-8-10-16(19)11-9-15)20-17(12)14-6-4-3-5-7-14/h3-11H,1-2H3. The van der Waals surface area contributed by atoms with Gasteiger partial charge in [-0.3, -0.25) is 0 Å². The highest BCUT2D eigenvalue weighted by Crippen LogP contribution is 2.41. The molecule has 0 N–H and O–H groups in total. The second kappa shape index (κ2) is 5.55. The molecule has 0 unspecified atom stereocenters. The van der Waals surface area contributed by atoms with Crippen molar-refractivity contribution in [1.29, 1.82) is 0 Å². The van der Waals surface area contributed by atoms with Gasteiger partial charge in [-0.15, -0.1) is 11.3 Å². The first-order valence-electron chi connectivity index (χ1n) is 6.58. The fraction of sp³-hybridized carbons (Fsp3) is 0.111. The SMILES string of the molecule is Cc1c(-c2ccccc2)sc(-c2ccc(Br)cc2)c1C. The van der Waals surface area contributed by atoms with Gasteiger partial charge in [0.25, 0.3) is 0 Å². The molecule has 0 aliphatic rings. The van der Waals surface area contributed by atoms with Crippen molar-refractivity contribution in [3.63, 3.8) is 0 Å². The third kappa shape index (κ3) is 2.46. The lowest BCUT2D eigenvalue weighted by Crippen LogP contribution is -1.79. The number of hydrogen-bond acceptors (Lipinski definition) is 1. The van der Waals surface area contributed by atoms with Crippen LogP contribution in [0.3, 0.4) is 0 Å². The van der Waals surface area contributed by atoms with Crippen molar-refractivity contribution in [3.8, 4) is 20.9 Å². The van der Waals surface area contributed by atoms with Gasteiger partial charge in [0, 0.05) is 14.2 Å². The Kier molecular flexibility index (Phi) is 3.77. The van der Waals surface area contributed by atoms with Crippen LogP contribution in [-0.2, 0) is 0 Å². The Morgan fingerprint density at radius 2 is 1.20 bits per heavy atom. The summed E-state index contributed by atoms with van der Waals surface area (Å²) in [6.45, 7) is 4.44. The first-order chi connectivity index (χ1) is 9.66. The van der Waals surface area contributed by atoms with Crippen LogP contribution >= 0.6 is 27.3 Å². The van der Waals surface area contributed by atoms with Gasteiger partial charge in [0.1, 0.15) is 0 Å². The molecular weight excluding hydrogens is 328 g/mol. The molecule has 100 valence electrons. The van der Waals surface area contributed by atoms with E-state index in [1.165, 1.54) is 32.0 Å². The number of rotatable bonds is 2. The van der Waals surface area contributed by atoms with E-state index in [-0.39, 0.29) is 0 Å². The van der Waals surface area contributed by atoms with Gasteiger partial charge in [0.15, 0.2) is 0 Å². The Labute approximate surface area is 132 Å². The molecule has 0 bridgehead atoms. The third-order valence-electron chi connectivity index (χ3n) is 3.59. The molecule has 0 saturated carbocycles. The quantitative estimate of drug-likeness (QED) is 0.501. The van der Waals surface area contributed by atoms with E-state index < -0.39 is 0 Å². The summed E-state index contributed by atoms with van der Waals surface area (Å²) in [5.41, 5.74) is 5.37. The first kappa shape index (κ1) is 13.6. The summed E-state index contributed by atoms with van der Waals surface area (Å²) in [5.74, 6) is 0. The van der Waals surface area contributed by atoms with Gasteiger partial charge in [-0.25, -0.2) is 0 Å². The molecule has 1 aromatic heterocycles. The Hall–Kier alpha value is -1.38. The molecule has 2 aromatic carbocycles. The summed E-state index contributed by atoms with van der Waals surface area (Å²) in [5, 5.41) is 0. The lowest BCUT2D eigenvalue weighted by atomic mass is 10.0. The van der Waals surface area contributed by atoms with Gasteiger partial charge in [-0.1, -0.05) is 58.4 Å². The summed E-state index contributed by atoms with van der Waals surface area (Å²) >= 11 is 5.38. The Balaban J connectivity index is 2.13. The Morgan fingerprint density at radius 3 is 1.75 bits per heavy atom. The largest absolute Gasteiger partial charge is 0.135 e. The van der Waals surface area contributed by atoms with Crippen molar-refractivity contribution in [3.05, 3.63) is 70.2 Å². The molecule has 0 nitrogen and oxygen atoms in total. The molecule has 0 radical (unpaired) electrons. The van der Waals surface area contributed by atoms with E-state index in [1.54, 1.807) is 0 Å². The zero-order valence-electron chi connectivity index (χ0n) is 11.5. The highest BCUT2D eigenvalue weighted by Gasteiger charge is 2.14. The summed E-state index contributed by atoms with van der Waals surface area (Å²) in [6, 6.07) is 19.2. The maximum absolute atomic E-state index is 3.50. The minimum absolute atomic E-state index is 1.12. The molecule has 20 heavy (non-hydrogen) atoms. The van der Waals surface area contributed by atoms with Crippen LogP contribution < -0.4 is 0 Å². The average molecular weight is 343 g/mol. The maximum Gasteiger partial charge on any atom is 0.0381 e. The highest BCUT2D eigenvalue weighted by molar-refractivity contribution is 9.10. The monoisotopic (exact) mass is 342 g/mol. The molecule has 0 aliphatic heterocycles. The molecule has 3 rings (SSSR count). The smallest absolute Gasteiger partial charge is 0.0381 e. The van der Waals surface area contributed by atoms with Crippen molar-refractivity contribution in [2.24, 2.45) is 0 Å². The molecule has 2 heteroatoms. The van der Waals surface area contributed by atoms with E-state index >= 15 is 0 Å². The van der Waals surface area contributed by atoms with E-state index in [9.17, 15) is 0 Å². The molecule has 0 fully saturated rings. The molecule has 0 aliphatic carbocycles. The minimum atomic E-state index is 1.12. The highest BCUT2D eigenvalue weighted by atomic mass is 79.9.